The largest absolute Gasteiger partial charge is 0.368 e. The maximum absolute atomic E-state index is 14.1. The average molecular weight is 472 g/mol. The summed E-state index contributed by atoms with van der Waals surface area (Å²) in [5.74, 6) is -0.254. The molecule has 3 aromatic rings. The first-order valence-corrected chi connectivity index (χ1v) is 12.3. The summed E-state index contributed by atoms with van der Waals surface area (Å²) >= 11 is 6.19. The van der Waals surface area contributed by atoms with Crippen LogP contribution in [0.2, 0.25) is 5.02 Å². The highest BCUT2D eigenvalue weighted by Gasteiger charge is 2.47. The van der Waals surface area contributed by atoms with Gasteiger partial charge in [0.1, 0.15) is 0 Å². The van der Waals surface area contributed by atoms with Crippen LogP contribution in [0.15, 0.2) is 72.8 Å². The second kappa shape index (κ2) is 8.48. The van der Waals surface area contributed by atoms with E-state index in [1.165, 1.54) is 5.56 Å². The Morgan fingerprint density at radius 2 is 1.56 bits per heavy atom. The first-order valence-electron chi connectivity index (χ1n) is 11.9. The normalized spacial score (nSPS) is 21.6. The maximum Gasteiger partial charge on any atom is 0.254 e. The van der Waals surface area contributed by atoms with Crippen LogP contribution in [0.1, 0.15) is 39.0 Å². The molecule has 0 aromatic heterocycles. The number of nitrogens with zero attached hydrogens (tertiary/aromatic N) is 3. The molecule has 1 saturated heterocycles. The average Bonchev–Trinajstić information content (AvgIpc) is 2.89. The quantitative estimate of drug-likeness (QED) is 0.551. The van der Waals surface area contributed by atoms with Gasteiger partial charge in [0.2, 0.25) is 5.91 Å². The summed E-state index contributed by atoms with van der Waals surface area (Å²) in [6.07, 6.45) is 0.819. The van der Waals surface area contributed by atoms with Gasteiger partial charge in [-0.3, -0.25) is 9.59 Å². The van der Waals surface area contributed by atoms with Crippen molar-refractivity contribution in [2.45, 2.75) is 18.4 Å². The molecule has 3 aliphatic heterocycles. The Labute approximate surface area is 204 Å². The zero-order chi connectivity index (χ0) is 23.2. The predicted octanol–water partition coefficient (Wildman–Crippen LogP) is 4.53. The van der Waals surface area contributed by atoms with Crippen molar-refractivity contribution in [3.05, 3.63) is 100 Å². The summed E-state index contributed by atoms with van der Waals surface area (Å²) in [5, 5.41) is 0.718. The van der Waals surface area contributed by atoms with E-state index < -0.39 is 5.92 Å². The number of hydrogen-bond acceptors (Lipinski definition) is 3. The number of benzene rings is 3. The lowest BCUT2D eigenvalue weighted by Crippen LogP contribution is -2.54. The summed E-state index contributed by atoms with van der Waals surface area (Å²) in [7, 11) is 0. The molecular weight excluding hydrogens is 446 g/mol. The minimum absolute atomic E-state index is 0.0323. The molecule has 0 N–H and O–H groups in total. The number of rotatable bonds is 2. The molecule has 172 valence electrons. The molecule has 5 nitrogen and oxygen atoms in total. The zero-order valence-corrected chi connectivity index (χ0v) is 19.6. The van der Waals surface area contributed by atoms with Crippen molar-refractivity contribution in [2.24, 2.45) is 0 Å². The van der Waals surface area contributed by atoms with E-state index in [4.69, 9.17) is 11.6 Å². The van der Waals surface area contributed by atoms with Crippen molar-refractivity contribution >= 4 is 29.1 Å². The van der Waals surface area contributed by atoms with Crippen LogP contribution >= 0.6 is 11.6 Å². The van der Waals surface area contributed by atoms with Crippen LogP contribution in [0, 0.1) is 0 Å². The Morgan fingerprint density at radius 1 is 0.824 bits per heavy atom. The van der Waals surface area contributed by atoms with Crippen LogP contribution in [0.25, 0.3) is 0 Å². The summed E-state index contributed by atoms with van der Waals surface area (Å²) in [5.41, 5.74) is 4.94. The van der Waals surface area contributed by atoms with E-state index in [0.29, 0.717) is 25.2 Å². The molecule has 0 bridgehead atoms. The van der Waals surface area contributed by atoms with Crippen LogP contribution in [0.4, 0.5) is 5.69 Å². The molecule has 0 radical (unpaired) electrons. The third-order valence-electron chi connectivity index (χ3n) is 7.47. The smallest absolute Gasteiger partial charge is 0.254 e. The van der Waals surface area contributed by atoms with Crippen LogP contribution in [-0.2, 0) is 11.2 Å². The molecule has 0 saturated carbocycles. The molecule has 3 aromatic carbocycles. The number of amides is 2. The lowest BCUT2D eigenvalue weighted by molar-refractivity contribution is -0.135. The number of anilines is 1. The van der Waals surface area contributed by atoms with Gasteiger partial charge in [-0.2, -0.15) is 0 Å². The van der Waals surface area contributed by atoms with E-state index in [9.17, 15) is 9.59 Å². The lowest BCUT2D eigenvalue weighted by Gasteiger charge is -2.47. The lowest BCUT2D eigenvalue weighted by atomic mass is 9.75. The SMILES string of the molecule is O=C([C@H]1c2ccccc2C(=O)N2CCc3ccccc3[C@H]12)N1CCN(c2cccc(Cl)c2)CC1. The molecule has 34 heavy (non-hydrogen) atoms. The Hall–Kier alpha value is -3.31. The zero-order valence-electron chi connectivity index (χ0n) is 18.9. The number of fused-ring (bicyclic) bond motifs is 4. The van der Waals surface area contributed by atoms with E-state index in [-0.39, 0.29) is 17.9 Å². The first kappa shape index (κ1) is 21.2. The van der Waals surface area contributed by atoms with Gasteiger partial charge in [-0.05, 0) is 47.4 Å². The van der Waals surface area contributed by atoms with Crippen molar-refractivity contribution < 1.29 is 9.59 Å². The molecule has 0 aliphatic carbocycles. The highest BCUT2D eigenvalue weighted by Crippen LogP contribution is 2.46. The Kier molecular flexibility index (Phi) is 5.30. The number of piperazine rings is 1. The van der Waals surface area contributed by atoms with Gasteiger partial charge in [0.25, 0.3) is 5.91 Å². The first-order chi connectivity index (χ1) is 16.6. The molecule has 2 amide bonds. The summed E-state index contributed by atoms with van der Waals surface area (Å²) in [4.78, 5) is 33.7. The molecule has 3 heterocycles. The second-order valence-corrected chi connectivity index (χ2v) is 9.69. The summed E-state index contributed by atoms with van der Waals surface area (Å²) < 4.78 is 0. The van der Waals surface area contributed by atoms with Crippen molar-refractivity contribution in [1.29, 1.82) is 0 Å². The summed E-state index contributed by atoms with van der Waals surface area (Å²) in [6, 6.07) is 23.5. The van der Waals surface area contributed by atoms with E-state index in [1.807, 2.05) is 64.4 Å². The van der Waals surface area contributed by atoms with Crippen LogP contribution < -0.4 is 4.90 Å². The predicted molar refractivity (Wildman–Crippen MR) is 133 cm³/mol. The van der Waals surface area contributed by atoms with Gasteiger partial charge in [-0.25, -0.2) is 0 Å². The third kappa shape index (κ3) is 3.46. The fraction of sp³-hybridized carbons (Fsp3) is 0.286. The number of hydrogen-bond donors (Lipinski definition) is 0. The third-order valence-corrected chi connectivity index (χ3v) is 7.70. The minimum Gasteiger partial charge on any atom is -0.368 e. The molecule has 0 unspecified atom stereocenters. The summed E-state index contributed by atoms with van der Waals surface area (Å²) in [6.45, 7) is 3.44. The van der Waals surface area contributed by atoms with Gasteiger partial charge in [0.15, 0.2) is 0 Å². The fourth-order valence-electron chi connectivity index (χ4n) is 5.80. The Morgan fingerprint density at radius 3 is 2.35 bits per heavy atom. The van der Waals surface area contributed by atoms with Crippen LogP contribution in [0.3, 0.4) is 0 Å². The van der Waals surface area contributed by atoms with E-state index in [1.54, 1.807) is 0 Å². The molecule has 6 rings (SSSR count). The van der Waals surface area contributed by atoms with Crippen molar-refractivity contribution in [3.8, 4) is 0 Å². The Bertz CT molecular complexity index is 1270. The number of carbonyl (C=O) groups is 2. The monoisotopic (exact) mass is 471 g/mol. The van der Waals surface area contributed by atoms with Gasteiger partial charge in [0, 0.05) is 49.0 Å². The molecule has 0 spiro atoms. The van der Waals surface area contributed by atoms with Gasteiger partial charge in [0.05, 0.1) is 12.0 Å². The topological polar surface area (TPSA) is 43.9 Å². The van der Waals surface area contributed by atoms with E-state index in [2.05, 4.69) is 23.1 Å². The number of carbonyl (C=O) groups excluding carboxylic acids is 2. The molecule has 2 atom stereocenters. The second-order valence-electron chi connectivity index (χ2n) is 9.25. The Balaban J connectivity index is 1.33. The number of halogens is 1. The molecule has 3 aliphatic rings. The van der Waals surface area contributed by atoms with Crippen LogP contribution in [0.5, 0.6) is 0 Å². The van der Waals surface area contributed by atoms with Gasteiger partial charge in [-0.1, -0.05) is 60.1 Å². The van der Waals surface area contributed by atoms with Gasteiger partial charge >= 0.3 is 0 Å². The van der Waals surface area contributed by atoms with E-state index >= 15 is 0 Å². The van der Waals surface area contributed by atoms with Crippen LogP contribution in [-0.4, -0.2) is 54.3 Å². The molecule has 6 heteroatoms. The van der Waals surface area contributed by atoms with Crippen molar-refractivity contribution in [1.82, 2.24) is 9.80 Å². The maximum atomic E-state index is 14.1. The molecular formula is C28H26ClN3O2. The molecule has 1 fully saturated rings. The van der Waals surface area contributed by atoms with Crippen molar-refractivity contribution in [3.63, 3.8) is 0 Å². The standard InChI is InChI=1S/C28H26ClN3O2/c29-20-7-5-8-21(18-20)30-14-16-31(17-15-30)28(34)25-23-10-3-4-11-24(23)27(33)32-13-12-19-6-1-2-9-22(19)26(25)32/h1-11,18,25-26H,12-17H2/t25-,26+/m0/s1. The van der Waals surface area contributed by atoms with Gasteiger partial charge in [-0.15, -0.1) is 0 Å². The van der Waals surface area contributed by atoms with Gasteiger partial charge < -0.3 is 14.7 Å². The van der Waals surface area contributed by atoms with Crippen molar-refractivity contribution in [2.75, 3.05) is 37.6 Å². The highest BCUT2D eigenvalue weighted by molar-refractivity contribution is 6.30. The fourth-order valence-corrected chi connectivity index (χ4v) is 5.98. The highest BCUT2D eigenvalue weighted by atomic mass is 35.5. The minimum atomic E-state index is -0.395. The van der Waals surface area contributed by atoms with E-state index in [0.717, 1.165) is 41.3 Å².